The van der Waals surface area contributed by atoms with Crippen LogP contribution in [0.3, 0.4) is 0 Å². The summed E-state index contributed by atoms with van der Waals surface area (Å²) >= 11 is 3.15. The van der Waals surface area contributed by atoms with E-state index in [2.05, 4.69) is 10.3 Å². The summed E-state index contributed by atoms with van der Waals surface area (Å²) in [6.07, 6.45) is 3.60. The van der Waals surface area contributed by atoms with Gasteiger partial charge in [0.2, 0.25) is 5.91 Å². The van der Waals surface area contributed by atoms with Gasteiger partial charge < -0.3 is 10.4 Å². The summed E-state index contributed by atoms with van der Waals surface area (Å²) in [5, 5.41) is 16.9. The van der Waals surface area contributed by atoms with Gasteiger partial charge in [-0.3, -0.25) is 9.59 Å². The molecular weight excluding hydrogens is 332 g/mol. The molecule has 3 rings (SSSR count). The molecule has 0 atom stereocenters. The lowest BCUT2D eigenvalue weighted by atomic mass is 9.93. The maximum Gasteiger partial charge on any atom is 0.305 e. The summed E-state index contributed by atoms with van der Waals surface area (Å²) in [4.78, 5) is 29.0. The molecule has 1 fully saturated rings. The Bertz CT molecular complexity index is 688. The van der Waals surface area contributed by atoms with E-state index in [1.807, 2.05) is 22.9 Å². The fourth-order valence-electron chi connectivity index (χ4n) is 3.09. The van der Waals surface area contributed by atoms with Gasteiger partial charge in [0.05, 0.1) is 29.0 Å². The number of nitrogens with zero attached hydrogens (tertiary/aromatic N) is 1. The Balaban J connectivity index is 1.63. The zero-order valence-corrected chi connectivity index (χ0v) is 14.2. The minimum atomic E-state index is -0.860. The molecule has 0 saturated heterocycles. The Labute approximate surface area is 142 Å². The molecule has 7 heteroatoms. The van der Waals surface area contributed by atoms with Crippen LogP contribution in [0.15, 0.2) is 22.9 Å². The van der Waals surface area contributed by atoms with Crippen LogP contribution in [-0.4, -0.2) is 27.5 Å². The highest BCUT2D eigenvalue weighted by molar-refractivity contribution is 7.20. The quantitative estimate of drug-likeness (QED) is 0.837. The Morgan fingerprint density at radius 1 is 1.30 bits per heavy atom. The lowest BCUT2D eigenvalue weighted by Gasteiger charge is -2.28. The third-order valence-corrected chi connectivity index (χ3v) is 6.01. The van der Waals surface area contributed by atoms with E-state index < -0.39 is 11.5 Å². The van der Waals surface area contributed by atoms with Crippen molar-refractivity contribution in [1.82, 2.24) is 10.3 Å². The summed E-state index contributed by atoms with van der Waals surface area (Å²) in [6.45, 7) is 0. The summed E-state index contributed by atoms with van der Waals surface area (Å²) in [7, 11) is 0. The monoisotopic (exact) mass is 350 g/mol. The number of carbonyl (C=O) groups is 2. The minimum absolute atomic E-state index is 0.00372. The number of hydrogen-bond donors (Lipinski definition) is 2. The van der Waals surface area contributed by atoms with E-state index in [1.165, 1.54) is 11.3 Å². The van der Waals surface area contributed by atoms with Crippen molar-refractivity contribution >= 4 is 34.6 Å². The molecular formula is C16H18N2O3S2. The van der Waals surface area contributed by atoms with Crippen molar-refractivity contribution in [2.24, 2.45) is 0 Å². The van der Waals surface area contributed by atoms with Gasteiger partial charge in [-0.05, 0) is 24.3 Å². The lowest BCUT2D eigenvalue weighted by Crippen LogP contribution is -2.48. The molecule has 0 spiro atoms. The van der Waals surface area contributed by atoms with Crippen molar-refractivity contribution in [3.63, 3.8) is 0 Å². The van der Waals surface area contributed by atoms with Crippen molar-refractivity contribution in [1.29, 1.82) is 0 Å². The fourth-order valence-corrected chi connectivity index (χ4v) is 4.73. The number of rotatable bonds is 6. The summed E-state index contributed by atoms with van der Waals surface area (Å²) in [6, 6.07) is 3.98. The van der Waals surface area contributed by atoms with Crippen LogP contribution in [0.5, 0.6) is 0 Å². The molecule has 0 aromatic carbocycles. The number of nitrogens with one attached hydrogen (secondary N) is 1. The fraction of sp³-hybridized carbons (Fsp3) is 0.438. The van der Waals surface area contributed by atoms with E-state index in [9.17, 15) is 9.59 Å². The van der Waals surface area contributed by atoms with E-state index in [1.54, 1.807) is 11.3 Å². The number of hydrogen-bond acceptors (Lipinski definition) is 5. The second-order valence-electron chi connectivity index (χ2n) is 5.90. The summed E-state index contributed by atoms with van der Waals surface area (Å²) < 4.78 is 0. The highest BCUT2D eigenvalue weighted by atomic mass is 32.1. The normalized spacial score (nSPS) is 16.3. The van der Waals surface area contributed by atoms with Gasteiger partial charge in [0, 0.05) is 5.38 Å². The predicted octanol–water partition coefficient (Wildman–Crippen LogP) is 3.32. The Hall–Kier alpha value is -1.73. The maximum atomic E-state index is 12.3. The van der Waals surface area contributed by atoms with Crippen molar-refractivity contribution in [2.45, 2.75) is 44.1 Å². The highest BCUT2D eigenvalue weighted by Crippen LogP contribution is 2.33. The van der Waals surface area contributed by atoms with Crippen molar-refractivity contribution in [3.05, 3.63) is 28.6 Å². The first-order chi connectivity index (χ1) is 11.1. The van der Waals surface area contributed by atoms with E-state index in [4.69, 9.17) is 5.11 Å². The zero-order valence-electron chi connectivity index (χ0n) is 12.6. The highest BCUT2D eigenvalue weighted by Gasteiger charge is 2.37. The van der Waals surface area contributed by atoms with Crippen molar-refractivity contribution in [3.8, 4) is 9.88 Å². The third kappa shape index (κ3) is 3.97. The third-order valence-electron chi connectivity index (χ3n) is 4.08. The summed E-state index contributed by atoms with van der Waals surface area (Å²) in [5.41, 5.74) is 0.162. The molecule has 122 valence electrons. The SMILES string of the molecule is O=C(O)CC1(NC(=O)Cc2csc(-c3cccs3)n2)CCCC1. The van der Waals surface area contributed by atoms with E-state index in [0.717, 1.165) is 41.3 Å². The molecule has 2 heterocycles. The number of thiazole rings is 1. The summed E-state index contributed by atoms with van der Waals surface area (Å²) in [5.74, 6) is -1.00. The molecule has 2 N–H and O–H groups in total. The maximum absolute atomic E-state index is 12.3. The van der Waals surface area contributed by atoms with Crippen LogP contribution in [0.4, 0.5) is 0 Å². The number of aromatic nitrogens is 1. The van der Waals surface area contributed by atoms with Gasteiger partial charge in [-0.25, -0.2) is 4.98 Å². The Morgan fingerprint density at radius 3 is 2.74 bits per heavy atom. The minimum Gasteiger partial charge on any atom is -0.481 e. The smallest absolute Gasteiger partial charge is 0.305 e. The van der Waals surface area contributed by atoms with Gasteiger partial charge in [0.1, 0.15) is 5.01 Å². The lowest BCUT2D eigenvalue weighted by molar-refractivity contribution is -0.139. The molecule has 2 aromatic heterocycles. The van der Waals surface area contributed by atoms with Gasteiger partial charge in [-0.1, -0.05) is 18.9 Å². The average molecular weight is 350 g/mol. The van der Waals surface area contributed by atoms with Gasteiger partial charge in [-0.15, -0.1) is 22.7 Å². The second kappa shape index (κ2) is 6.80. The van der Waals surface area contributed by atoms with Crippen molar-refractivity contribution < 1.29 is 14.7 Å². The standard InChI is InChI=1S/C16H18N2O3S2/c19-13(18-16(9-14(20)21)5-1-2-6-16)8-11-10-23-15(17-11)12-4-3-7-22-12/h3-4,7,10H,1-2,5-6,8-9H2,(H,18,19)(H,20,21). The van der Waals surface area contributed by atoms with Gasteiger partial charge >= 0.3 is 5.97 Å². The number of aliphatic carboxylic acids is 1. The molecule has 1 amide bonds. The largest absolute Gasteiger partial charge is 0.481 e. The van der Waals surface area contributed by atoms with Crippen LogP contribution in [0.1, 0.15) is 37.8 Å². The number of thiophene rings is 1. The van der Waals surface area contributed by atoms with E-state index in [-0.39, 0.29) is 18.7 Å². The molecule has 0 unspecified atom stereocenters. The number of carboxylic acids is 1. The van der Waals surface area contributed by atoms with Crippen LogP contribution in [0.25, 0.3) is 9.88 Å². The number of carboxylic acid groups (broad SMARTS) is 1. The molecule has 1 aliphatic carbocycles. The van der Waals surface area contributed by atoms with Gasteiger partial charge in [0.25, 0.3) is 0 Å². The molecule has 2 aromatic rings. The van der Waals surface area contributed by atoms with Crippen LogP contribution in [0, 0.1) is 0 Å². The second-order valence-corrected chi connectivity index (χ2v) is 7.71. The first-order valence-electron chi connectivity index (χ1n) is 7.57. The zero-order chi connectivity index (χ0) is 16.3. The molecule has 5 nitrogen and oxygen atoms in total. The van der Waals surface area contributed by atoms with Crippen LogP contribution in [-0.2, 0) is 16.0 Å². The van der Waals surface area contributed by atoms with Crippen LogP contribution in [0.2, 0.25) is 0 Å². The topological polar surface area (TPSA) is 79.3 Å². The van der Waals surface area contributed by atoms with E-state index >= 15 is 0 Å². The average Bonchev–Trinajstić information content (AvgIpc) is 3.18. The predicted molar refractivity (Wildman–Crippen MR) is 90.7 cm³/mol. The first-order valence-corrected chi connectivity index (χ1v) is 9.33. The van der Waals surface area contributed by atoms with E-state index in [0.29, 0.717) is 0 Å². The molecule has 0 aliphatic heterocycles. The molecule has 0 radical (unpaired) electrons. The Kier molecular flexibility index (Phi) is 4.77. The number of amides is 1. The molecule has 1 aliphatic rings. The molecule has 23 heavy (non-hydrogen) atoms. The Morgan fingerprint density at radius 2 is 2.09 bits per heavy atom. The first kappa shape index (κ1) is 16.1. The van der Waals surface area contributed by atoms with Gasteiger partial charge in [0.15, 0.2) is 0 Å². The molecule has 1 saturated carbocycles. The van der Waals surface area contributed by atoms with Gasteiger partial charge in [-0.2, -0.15) is 0 Å². The molecule has 0 bridgehead atoms. The van der Waals surface area contributed by atoms with Crippen molar-refractivity contribution in [2.75, 3.05) is 0 Å². The number of carbonyl (C=O) groups excluding carboxylic acids is 1. The van der Waals surface area contributed by atoms with Crippen LogP contribution >= 0.6 is 22.7 Å². The van der Waals surface area contributed by atoms with Crippen LogP contribution < -0.4 is 5.32 Å².